The van der Waals surface area contributed by atoms with Gasteiger partial charge in [-0.3, -0.25) is 10.0 Å². The predicted octanol–water partition coefficient (Wildman–Crippen LogP) is 4.10. The smallest absolute Gasteiger partial charge is 0.0309 e. The van der Waals surface area contributed by atoms with E-state index < -0.39 is 0 Å². The van der Waals surface area contributed by atoms with Crippen molar-refractivity contribution in [3.8, 4) is 0 Å². The fourth-order valence-electron chi connectivity index (χ4n) is 2.77. The van der Waals surface area contributed by atoms with Gasteiger partial charge in [0.05, 0.1) is 0 Å². The summed E-state index contributed by atoms with van der Waals surface area (Å²) in [6, 6.07) is 0. The number of nitrogens with zero attached hydrogens (tertiary/aromatic N) is 2. The third kappa shape index (κ3) is 1.90. The Labute approximate surface area is 119 Å². The molecule has 2 heterocycles. The number of allylic oxidation sites excluding steroid dienone is 12. The Hall–Kier alpha value is -2.48. The lowest BCUT2D eigenvalue weighted by Gasteiger charge is -2.34. The molecule has 2 aliphatic carbocycles. The van der Waals surface area contributed by atoms with Gasteiger partial charge in [0, 0.05) is 24.8 Å². The zero-order valence-corrected chi connectivity index (χ0v) is 11.2. The van der Waals surface area contributed by atoms with E-state index in [-0.39, 0.29) is 0 Å². The van der Waals surface area contributed by atoms with Crippen molar-refractivity contribution in [3.63, 3.8) is 0 Å². The molecule has 0 saturated heterocycles. The second-order valence-electron chi connectivity index (χ2n) is 5.21. The summed E-state index contributed by atoms with van der Waals surface area (Å²) < 4.78 is 0. The van der Waals surface area contributed by atoms with Crippen LogP contribution in [0.3, 0.4) is 0 Å². The van der Waals surface area contributed by atoms with Gasteiger partial charge in [0.25, 0.3) is 0 Å². The topological polar surface area (TPSA) is 6.48 Å². The summed E-state index contributed by atoms with van der Waals surface area (Å²) in [6.07, 6.45) is 28.0. The number of hydrogen-bond acceptors (Lipinski definition) is 2. The van der Waals surface area contributed by atoms with Crippen molar-refractivity contribution >= 4 is 0 Å². The molecule has 4 rings (SSSR count). The molecule has 0 radical (unpaired) electrons. The number of hydrogen-bond donors (Lipinski definition) is 0. The van der Waals surface area contributed by atoms with Crippen molar-refractivity contribution in [2.45, 2.75) is 12.8 Å². The molecule has 0 unspecified atom stereocenters. The van der Waals surface area contributed by atoms with E-state index in [0.29, 0.717) is 0 Å². The minimum atomic E-state index is 1.01. The number of fused-ring (bicyclic) bond motifs is 2. The van der Waals surface area contributed by atoms with Crippen LogP contribution in [0.4, 0.5) is 0 Å². The molecule has 98 valence electrons. The second-order valence-corrected chi connectivity index (χ2v) is 5.21. The molecule has 0 aromatic carbocycles. The average Bonchev–Trinajstić information content (AvgIpc) is 2.54. The van der Waals surface area contributed by atoms with Crippen LogP contribution in [0.5, 0.6) is 0 Å². The van der Waals surface area contributed by atoms with Crippen LogP contribution in [-0.2, 0) is 0 Å². The highest BCUT2D eigenvalue weighted by Crippen LogP contribution is 2.29. The van der Waals surface area contributed by atoms with Crippen molar-refractivity contribution < 1.29 is 0 Å². The zero-order chi connectivity index (χ0) is 13.4. The third-order valence-electron chi connectivity index (χ3n) is 3.90. The Morgan fingerprint density at radius 2 is 1.20 bits per heavy atom. The second kappa shape index (κ2) is 4.57. The highest BCUT2D eigenvalue weighted by molar-refractivity contribution is 5.50. The lowest BCUT2D eigenvalue weighted by atomic mass is 9.97. The van der Waals surface area contributed by atoms with E-state index >= 15 is 0 Å². The van der Waals surface area contributed by atoms with Gasteiger partial charge < -0.3 is 0 Å². The maximum Gasteiger partial charge on any atom is 0.0309 e. The summed E-state index contributed by atoms with van der Waals surface area (Å²) in [7, 11) is 0. The molecule has 0 aromatic heterocycles. The van der Waals surface area contributed by atoms with Crippen LogP contribution in [0.25, 0.3) is 0 Å². The first-order chi connectivity index (χ1) is 9.90. The SMILES string of the molecule is C1=CCC2=CN(N3C=CC4=CC=CCC4=C3)C=CC2=C1. The van der Waals surface area contributed by atoms with Gasteiger partial charge in [0.1, 0.15) is 0 Å². The highest BCUT2D eigenvalue weighted by Gasteiger charge is 2.17. The molecule has 2 nitrogen and oxygen atoms in total. The molecule has 0 fully saturated rings. The summed E-state index contributed by atoms with van der Waals surface area (Å²) in [6.45, 7) is 0. The lowest BCUT2D eigenvalue weighted by molar-refractivity contribution is 0.197. The number of hydrazine groups is 1. The summed E-state index contributed by atoms with van der Waals surface area (Å²) in [5.74, 6) is 0. The van der Waals surface area contributed by atoms with Crippen LogP contribution in [-0.4, -0.2) is 10.0 Å². The van der Waals surface area contributed by atoms with Crippen molar-refractivity contribution in [3.05, 3.63) is 95.7 Å². The van der Waals surface area contributed by atoms with E-state index in [4.69, 9.17) is 0 Å². The lowest BCUT2D eigenvalue weighted by Crippen LogP contribution is -2.29. The average molecular weight is 260 g/mol. The van der Waals surface area contributed by atoms with E-state index in [1.807, 2.05) is 0 Å². The standard InChI is InChI=1S/C18H16N2/c1-3-7-17-13-19(11-9-15(17)5-1)20-12-10-16-6-2-4-8-18(16)14-20/h1-6,9-14H,7-8H2. The molecule has 20 heavy (non-hydrogen) atoms. The molecule has 2 aliphatic heterocycles. The van der Waals surface area contributed by atoms with Gasteiger partial charge in [-0.2, -0.15) is 0 Å². The fourth-order valence-corrected chi connectivity index (χ4v) is 2.77. The quantitative estimate of drug-likeness (QED) is 0.700. The first-order valence-electron chi connectivity index (χ1n) is 6.99. The molecule has 0 atom stereocenters. The molecule has 4 aliphatic rings. The minimum absolute atomic E-state index is 1.01. The Morgan fingerprint density at radius 1 is 0.700 bits per heavy atom. The van der Waals surface area contributed by atoms with Gasteiger partial charge in [0.2, 0.25) is 0 Å². The van der Waals surface area contributed by atoms with Crippen molar-refractivity contribution in [1.29, 1.82) is 0 Å². The van der Waals surface area contributed by atoms with Crippen LogP contribution in [0.15, 0.2) is 95.7 Å². The van der Waals surface area contributed by atoms with Crippen LogP contribution < -0.4 is 0 Å². The van der Waals surface area contributed by atoms with Crippen LogP contribution >= 0.6 is 0 Å². The summed E-state index contributed by atoms with van der Waals surface area (Å²) >= 11 is 0. The van der Waals surface area contributed by atoms with Gasteiger partial charge in [-0.05, 0) is 47.3 Å². The van der Waals surface area contributed by atoms with Crippen LogP contribution in [0.1, 0.15) is 12.8 Å². The molecule has 2 heteroatoms. The molecule has 0 amide bonds. The Morgan fingerprint density at radius 3 is 1.70 bits per heavy atom. The highest BCUT2D eigenvalue weighted by atomic mass is 15.6. The maximum absolute atomic E-state index is 2.21. The van der Waals surface area contributed by atoms with Gasteiger partial charge in [-0.25, -0.2) is 0 Å². The number of rotatable bonds is 1. The van der Waals surface area contributed by atoms with Crippen LogP contribution in [0, 0.1) is 0 Å². The monoisotopic (exact) mass is 260 g/mol. The Kier molecular flexibility index (Phi) is 2.59. The Balaban J connectivity index is 1.61. The van der Waals surface area contributed by atoms with E-state index in [0.717, 1.165) is 12.8 Å². The van der Waals surface area contributed by atoms with Crippen molar-refractivity contribution in [2.24, 2.45) is 0 Å². The van der Waals surface area contributed by atoms with Gasteiger partial charge >= 0.3 is 0 Å². The molecule has 0 spiro atoms. The van der Waals surface area contributed by atoms with Crippen LogP contribution in [0.2, 0.25) is 0 Å². The third-order valence-corrected chi connectivity index (χ3v) is 3.90. The zero-order valence-electron chi connectivity index (χ0n) is 11.2. The largest absolute Gasteiger partial charge is 0.264 e. The van der Waals surface area contributed by atoms with Gasteiger partial charge in [-0.1, -0.05) is 36.5 Å². The maximum atomic E-state index is 2.21. The van der Waals surface area contributed by atoms with Crippen molar-refractivity contribution in [1.82, 2.24) is 10.0 Å². The first-order valence-corrected chi connectivity index (χ1v) is 6.99. The molecular weight excluding hydrogens is 244 g/mol. The summed E-state index contributed by atoms with van der Waals surface area (Å²) in [5.41, 5.74) is 5.37. The fraction of sp³-hybridized carbons (Fsp3) is 0.111. The minimum Gasteiger partial charge on any atom is -0.264 e. The normalized spacial score (nSPS) is 22.8. The molecule has 0 aromatic rings. The van der Waals surface area contributed by atoms with Gasteiger partial charge in [0.15, 0.2) is 0 Å². The van der Waals surface area contributed by atoms with Crippen molar-refractivity contribution in [2.75, 3.05) is 0 Å². The first kappa shape index (κ1) is 11.4. The summed E-state index contributed by atoms with van der Waals surface area (Å²) in [5, 5.41) is 4.29. The van der Waals surface area contributed by atoms with E-state index in [9.17, 15) is 0 Å². The van der Waals surface area contributed by atoms with E-state index in [1.54, 1.807) is 0 Å². The molecule has 0 N–H and O–H groups in total. The Bertz CT molecular complexity index is 618. The van der Waals surface area contributed by atoms with E-state index in [2.05, 4.69) is 83.4 Å². The molecule has 0 bridgehead atoms. The summed E-state index contributed by atoms with van der Waals surface area (Å²) in [4.78, 5) is 0. The molecule has 0 saturated carbocycles. The predicted molar refractivity (Wildman–Crippen MR) is 81.8 cm³/mol. The van der Waals surface area contributed by atoms with Gasteiger partial charge in [-0.15, -0.1) is 0 Å². The molecular formula is C18H16N2. The van der Waals surface area contributed by atoms with E-state index in [1.165, 1.54) is 22.3 Å².